The predicted octanol–water partition coefficient (Wildman–Crippen LogP) is 4.97. The van der Waals surface area contributed by atoms with Crippen molar-refractivity contribution in [1.29, 1.82) is 0 Å². The molecule has 5 rings (SSSR count). The number of rotatable bonds is 8. The maximum Gasteiger partial charge on any atom is 0.339 e. The van der Waals surface area contributed by atoms with Crippen molar-refractivity contribution in [3.63, 3.8) is 0 Å². The van der Waals surface area contributed by atoms with Crippen LogP contribution in [0.5, 0.6) is 0 Å². The van der Waals surface area contributed by atoms with Gasteiger partial charge in [0.15, 0.2) is 11.9 Å². The number of nitrogens with one attached hydrogen (secondary N) is 1. The molecule has 1 aliphatic rings. The van der Waals surface area contributed by atoms with Crippen LogP contribution < -0.4 is 4.72 Å². The van der Waals surface area contributed by atoms with Crippen LogP contribution in [0.25, 0.3) is 33.7 Å². The molecule has 11 heteroatoms. The molecule has 4 heterocycles. The maximum absolute atomic E-state index is 13.3. The van der Waals surface area contributed by atoms with E-state index in [0.717, 1.165) is 37.5 Å². The Hall–Kier alpha value is -3.83. The molecular formula is C28H31N5O5S. The second-order valence-electron chi connectivity index (χ2n) is 9.45. The van der Waals surface area contributed by atoms with Crippen LogP contribution in [0.3, 0.4) is 0 Å². The van der Waals surface area contributed by atoms with E-state index in [9.17, 15) is 13.2 Å². The van der Waals surface area contributed by atoms with Crippen molar-refractivity contribution < 1.29 is 22.7 Å². The van der Waals surface area contributed by atoms with E-state index in [1.807, 2.05) is 12.1 Å². The van der Waals surface area contributed by atoms with Gasteiger partial charge in [-0.15, -0.1) is 0 Å². The van der Waals surface area contributed by atoms with Crippen molar-refractivity contribution in [1.82, 2.24) is 19.7 Å². The van der Waals surface area contributed by atoms with Gasteiger partial charge in [0.25, 0.3) is 0 Å². The normalized spacial score (nSPS) is 15.8. The number of esters is 1. The van der Waals surface area contributed by atoms with Gasteiger partial charge in [0.05, 0.1) is 47.1 Å². The second kappa shape index (κ2) is 11.1. The molecule has 1 saturated heterocycles. The highest BCUT2D eigenvalue weighted by Gasteiger charge is 2.28. The number of nitrogens with zero attached hydrogens (tertiary/aromatic N) is 4. The number of hydrogen-bond acceptors (Lipinski definition) is 8. The molecule has 1 unspecified atom stereocenters. The van der Waals surface area contributed by atoms with E-state index >= 15 is 0 Å². The molecule has 0 radical (unpaired) electrons. The van der Waals surface area contributed by atoms with Crippen LogP contribution in [0, 0.1) is 0 Å². The highest BCUT2D eigenvalue weighted by atomic mass is 32.2. The molecule has 1 atom stereocenters. The SMILES string of the molecule is CCOC(=O)c1cc(-c2ccc(NS(C)(=O)=O)cn2)nc2c1c(-c1ccc(CC)cc1)nn2C1CCCCO1. The van der Waals surface area contributed by atoms with Crippen molar-refractivity contribution in [3.05, 3.63) is 59.8 Å². The summed E-state index contributed by atoms with van der Waals surface area (Å²) in [5.74, 6) is -0.489. The summed E-state index contributed by atoms with van der Waals surface area (Å²) < 4.78 is 38.9. The minimum atomic E-state index is -3.45. The van der Waals surface area contributed by atoms with Crippen LogP contribution in [0.4, 0.5) is 5.69 Å². The first-order valence-electron chi connectivity index (χ1n) is 13.0. The van der Waals surface area contributed by atoms with Gasteiger partial charge in [-0.1, -0.05) is 31.2 Å². The van der Waals surface area contributed by atoms with Gasteiger partial charge in [-0.25, -0.2) is 22.9 Å². The fraction of sp³-hybridized carbons (Fsp3) is 0.357. The molecule has 3 aromatic heterocycles. The zero-order chi connectivity index (χ0) is 27.6. The van der Waals surface area contributed by atoms with Crippen molar-refractivity contribution in [2.45, 2.75) is 45.8 Å². The first-order valence-corrected chi connectivity index (χ1v) is 14.9. The van der Waals surface area contributed by atoms with Gasteiger partial charge in [-0.2, -0.15) is 5.10 Å². The van der Waals surface area contributed by atoms with Crippen LogP contribution >= 0.6 is 0 Å². The smallest absolute Gasteiger partial charge is 0.339 e. The van der Waals surface area contributed by atoms with Gasteiger partial charge < -0.3 is 9.47 Å². The third-order valence-electron chi connectivity index (χ3n) is 6.55. The fourth-order valence-corrected chi connectivity index (χ4v) is 5.22. The number of pyridine rings is 2. The van der Waals surface area contributed by atoms with Crippen molar-refractivity contribution in [3.8, 4) is 22.6 Å². The average Bonchev–Trinajstić information content (AvgIpc) is 3.32. The fourth-order valence-electron chi connectivity index (χ4n) is 4.67. The summed E-state index contributed by atoms with van der Waals surface area (Å²) in [6, 6.07) is 13.0. The third-order valence-corrected chi connectivity index (χ3v) is 7.16. The van der Waals surface area contributed by atoms with E-state index < -0.39 is 16.0 Å². The lowest BCUT2D eigenvalue weighted by Crippen LogP contribution is -2.19. The summed E-state index contributed by atoms with van der Waals surface area (Å²) in [6.07, 6.45) is 5.82. The summed E-state index contributed by atoms with van der Waals surface area (Å²) in [4.78, 5) is 22.6. The second-order valence-corrected chi connectivity index (χ2v) is 11.2. The number of fused-ring (bicyclic) bond motifs is 1. The van der Waals surface area contributed by atoms with Crippen LogP contribution in [-0.4, -0.2) is 53.6 Å². The van der Waals surface area contributed by atoms with Gasteiger partial charge in [0.1, 0.15) is 5.69 Å². The van der Waals surface area contributed by atoms with Crippen molar-refractivity contribution in [2.75, 3.05) is 24.2 Å². The molecule has 1 N–H and O–H groups in total. The Morgan fingerprint density at radius 1 is 1.13 bits per heavy atom. The van der Waals surface area contributed by atoms with E-state index in [1.54, 1.807) is 29.8 Å². The lowest BCUT2D eigenvalue weighted by Gasteiger charge is -2.23. The molecular weight excluding hydrogens is 518 g/mol. The first-order chi connectivity index (χ1) is 18.8. The largest absolute Gasteiger partial charge is 0.462 e. The van der Waals surface area contributed by atoms with Gasteiger partial charge in [0, 0.05) is 12.2 Å². The van der Waals surface area contributed by atoms with Crippen LogP contribution in [-0.2, 0) is 25.9 Å². The van der Waals surface area contributed by atoms with E-state index in [1.165, 1.54) is 11.8 Å². The molecule has 1 aromatic carbocycles. The Kier molecular flexibility index (Phi) is 7.62. The number of anilines is 1. The van der Waals surface area contributed by atoms with E-state index in [0.29, 0.717) is 46.0 Å². The third kappa shape index (κ3) is 5.79. The Balaban J connectivity index is 1.72. The van der Waals surface area contributed by atoms with Crippen molar-refractivity contribution in [2.24, 2.45) is 0 Å². The summed E-state index contributed by atoms with van der Waals surface area (Å²) >= 11 is 0. The zero-order valence-corrected chi connectivity index (χ0v) is 23.0. The summed E-state index contributed by atoms with van der Waals surface area (Å²) in [5.41, 5.74) is 4.74. The molecule has 0 saturated carbocycles. The quantitative estimate of drug-likeness (QED) is 0.306. The molecule has 10 nitrogen and oxygen atoms in total. The molecule has 0 amide bonds. The first kappa shape index (κ1) is 26.8. The number of benzene rings is 1. The Bertz CT molecular complexity index is 1590. The zero-order valence-electron chi connectivity index (χ0n) is 22.2. The van der Waals surface area contributed by atoms with E-state index in [-0.39, 0.29) is 12.8 Å². The van der Waals surface area contributed by atoms with Gasteiger partial charge in [-0.05, 0) is 56.4 Å². The number of carbonyl (C=O) groups is 1. The number of hydrogen-bond donors (Lipinski definition) is 1. The maximum atomic E-state index is 13.3. The van der Waals surface area contributed by atoms with Crippen LogP contribution in [0.1, 0.15) is 55.3 Å². The molecule has 1 fully saturated rings. The lowest BCUT2D eigenvalue weighted by molar-refractivity contribution is -0.0368. The van der Waals surface area contributed by atoms with Crippen LogP contribution in [0.15, 0.2) is 48.7 Å². The Morgan fingerprint density at radius 3 is 2.54 bits per heavy atom. The minimum absolute atomic E-state index is 0.211. The minimum Gasteiger partial charge on any atom is -0.462 e. The number of sulfonamides is 1. The average molecular weight is 550 g/mol. The topological polar surface area (TPSA) is 125 Å². The summed E-state index contributed by atoms with van der Waals surface area (Å²) in [7, 11) is -3.45. The molecule has 4 aromatic rings. The summed E-state index contributed by atoms with van der Waals surface area (Å²) in [5, 5.41) is 5.54. The molecule has 1 aliphatic heterocycles. The molecule has 39 heavy (non-hydrogen) atoms. The van der Waals surface area contributed by atoms with Gasteiger partial charge in [0.2, 0.25) is 10.0 Å². The number of ether oxygens (including phenoxy) is 2. The van der Waals surface area contributed by atoms with Crippen LogP contribution in [0.2, 0.25) is 0 Å². The molecule has 0 spiro atoms. The van der Waals surface area contributed by atoms with Gasteiger partial charge in [-0.3, -0.25) is 9.71 Å². The van der Waals surface area contributed by atoms with Gasteiger partial charge >= 0.3 is 5.97 Å². The summed E-state index contributed by atoms with van der Waals surface area (Å²) in [6.45, 7) is 4.69. The number of aromatic nitrogens is 4. The number of aryl methyl sites for hydroxylation is 1. The number of carbonyl (C=O) groups excluding carboxylic acids is 1. The van der Waals surface area contributed by atoms with E-state index in [2.05, 4.69) is 28.8 Å². The molecule has 204 valence electrons. The predicted molar refractivity (Wildman–Crippen MR) is 149 cm³/mol. The van der Waals surface area contributed by atoms with Crippen molar-refractivity contribution >= 4 is 32.7 Å². The Labute approximate surface area is 227 Å². The highest BCUT2D eigenvalue weighted by molar-refractivity contribution is 7.92. The lowest BCUT2D eigenvalue weighted by atomic mass is 10.0. The molecule has 0 bridgehead atoms. The Morgan fingerprint density at radius 2 is 1.92 bits per heavy atom. The molecule has 0 aliphatic carbocycles. The monoisotopic (exact) mass is 549 g/mol. The highest BCUT2D eigenvalue weighted by Crippen LogP contribution is 2.36. The van der Waals surface area contributed by atoms with E-state index in [4.69, 9.17) is 19.6 Å². The standard InChI is InChI=1S/C28H31N5O5S/c1-4-18-9-11-19(12-10-18)26-25-21(28(34)37-5-2)16-23(22-14-13-20(17-29-22)32-39(3,35)36)30-27(25)33(31-26)24-8-6-7-15-38-24/h9-14,16-17,24,32H,4-8,15H2,1-3H3.